The number of rotatable bonds is 6. The fraction of sp³-hybridized carbons (Fsp3) is 0.476. The zero-order chi connectivity index (χ0) is 19.6. The molecule has 0 bridgehead atoms. The minimum atomic E-state index is 0.181. The van der Waals surface area contributed by atoms with Crippen LogP contribution in [0.25, 0.3) is 0 Å². The van der Waals surface area contributed by atoms with Gasteiger partial charge in [-0.15, -0.1) is 10.2 Å². The summed E-state index contributed by atoms with van der Waals surface area (Å²) in [5.41, 5.74) is 0.970. The van der Waals surface area contributed by atoms with E-state index in [0.717, 1.165) is 43.1 Å². The fourth-order valence-electron chi connectivity index (χ4n) is 4.17. The number of amides is 1. The summed E-state index contributed by atoms with van der Waals surface area (Å²) in [7, 11) is 0. The molecule has 1 amide bonds. The van der Waals surface area contributed by atoms with Crippen molar-refractivity contribution in [3.05, 3.63) is 60.5 Å². The van der Waals surface area contributed by atoms with Crippen molar-refractivity contribution in [2.75, 3.05) is 13.1 Å². The summed E-state index contributed by atoms with van der Waals surface area (Å²) in [6, 6.07) is 4.36. The smallest absolute Gasteiger partial charge is 0.227 e. The normalized spacial score (nSPS) is 17.6. The van der Waals surface area contributed by atoms with Gasteiger partial charge >= 0.3 is 0 Å². The van der Waals surface area contributed by atoms with Gasteiger partial charge in [0.1, 0.15) is 5.82 Å². The molecular formula is C21H25N7O. The van der Waals surface area contributed by atoms with Gasteiger partial charge in [0.15, 0.2) is 5.82 Å². The Morgan fingerprint density at radius 3 is 2.62 bits per heavy atom. The van der Waals surface area contributed by atoms with Crippen LogP contribution in [0.15, 0.2) is 43.2 Å². The molecule has 29 heavy (non-hydrogen) atoms. The topological polar surface area (TPSA) is 81.7 Å². The zero-order valence-electron chi connectivity index (χ0n) is 16.4. The maximum atomic E-state index is 12.6. The first-order valence-electron chi connectivity index (χ1n) is 10.3. The van der Waals surface area contributed by atoms with E-state index in [2.05, 4.69) is 24.7 Å². The molecule has 0 atom stereocenters. The summed E-state index contributed by atoms with van der Waals surface area (Å²) < 4.78 is 4.39. The van der Waals surface area contributed by atoms with Crippen LogP contribution in [0.5, 0.6) is 0 Å². The second-order valence-electron chi connectivity index (χ2n) is 8.00. The Kier molecular flexibility index (Phi) is 4.83. The molecular weight excluding hydrogens is 366 g/mol. The van der Waals surface area contributed by atoms with Crippen LogP contribution in [-0.4, -0.2) is 53.2 Å². The van der Waals surface area contributed by atoms with Crippen LogP contribution in [0.2, 0.25) is 0 Å². The fourth-order valence-corrected chi connectivity index (χ4v) is 4.17. The van der Waals surface area contributed by atoms with Gasteiger partial charge in [-0.05, 0) is 37.3 Å². The molecule has 1 saturated carbocycles. The van der Waals surface area contributed by atoms with Crippen LogP contribution >= 0.6 is 0 Å². The summed E-state index contributed by atoms with van der Waals surface area (Å²) >= 11 is 0. The Labute approximate surface area is 169 Å². The van der Waals surface area contributed by atoms with E-state index in [1.807, 2.05) is 34.1 Å². The zero-order valence-corrected chi connectivity index (χ0v) is 16.4. The minimum Gasteiger partial charge on any atom is -0.342 e. The first-order chi connectivity index (χ1) is 14.3. The maximum absolute atomic E-state index is 12.6. The third-order valence-electron chi connectivity index (χ3n) is 5.88. The lowest BCUT2D eigenvalue weighted by Crippen LogP contribution is -2.39. The van der Waals surface area contributed by atoms with Crippen molar-refractivity contribution in [3.63, 3.8) is 0 Å². The Morgan fingerprint density at radius 1 is 1.07 bits per heavy atom. The second kappa shape index (κ2) is 7.77. The highest BCUT2D eigenvalue weighted by Crippen LogP contribution is 2.40. The molecule has 1 aliphatic heterocycles. The Bertz CT molecular complexity index is 954. The summed E-state index contributed by atoms with van der Waals surface area (Å²) in [5.74, 6) is 2.65. The third kappa shape index (κ3) is 3.92. The molecule has 4 heterocycles. The Balaban J connectivity index is 1.25. The number of hydrogen-bond acceptors (Lipinski definition) is 5. The van der Waals surface area contributed by atoms with Gasteiger partial charge in [0.05, 0.1) is 19.3 Å². The standard InChI is InChI=1S/C21H25N7O/c29-20(12-16-2-1-7-22-13-16)27-9-5-17(6-10-27)21-25-24-19(28(21)18-3-4-18)14-26-11-8-23-15-26/h1-2,7-8,11,13,15,17-18H,3-6,9-10,12,14H2. The number of piperidine rings is 1. The molecule has 3 aromatic heterocycles. The number of likely N-dealkylation sites (tertiary alicyclic amines) is 1. The highest BCUT2D eigenvalue weighted by Gasteiger charge is 2.34. The molecule has 3 aromatic rings. The predicted octanol–water partition coefficient (Wildman–Crippen LogP) is 2.20. The highest BCUT2D eigenvalue weighted by molar-refractivity contribution is 5.78. The number of carbonyl (C=O) groups is 1. The van der Waals surface area contributed by atoms with Crippen LogP contribution in [0.4, 0.5) is 0 Å². The second-order valence-corrected chi connectivity index (χ2v) is 8.00. The molecule has 0 spiro atoms. The minimum absolute atomic E-state index is 0.181. The summed E-state index contributed by atoms with van der Waals surface area (Å²) in [6.07, 6.45) is 13.8. The average molecular weight is 391 g/mol. The lowest BCUT2D eigenvalue weighted by molar-refractivity contribution is -0.131. The van der Waals surface area contributed by atoms with Gasteiger partial charge in [0.2, 0.25) is 5.91 Å². The highest BCUT2D eigenvalue weighted by atomic mass is 16.2. The van der Waals surface area contributed by atoms with Crippen molar-refractivity contribution in [2.45, 2.75) is 50.6 Å². The van der Waals surface area contributed by atoms with Crippen LogP contribution in [0.3, 0.4) is 0 Å². The van der Waals surface area contributed by atoms with Gasteiger partial charge < -0.3 is 14.0 Å². The van der Waals surface area contributed by atoms with E-state index in [1.54, 1.807) is 18.6 Å². The molecule has 5 rings (SSSR count). The van der Waals surface area contributed by atoms with Crippen molar-refractivity contribution in [1.82, 2.24) is 34.2 Å². The molecule has 8 nitrogen and oxygen atoms in total. The molecule has 2 aliphatic rings. The van der Waals surface area contributed by atoms with E-state index in [9.17, 15) is 4.79 Å². The number of aromatic nitrogens is 6. The van der Waals surface area contributed by atoms with Crippen molar-refractivity contribution in [3.8, 4) is 0 Å². The number of hydrogen-bond donors (Lipinski definition) is 0. The molecule has 0 unspecified atom stereocenters. The van der Waals surface area contributed by atoms with Crippen LogP contribution in [-0.2, 0) is 17.8 Å². The number of nitrogens with zero attached hydrogens (tertiary/aromatic N) is 7. The lowest BCUT2D eigenvalue weighted by Gasteiger charge is -2.32. The Morgan fingerprint density at radius 2 is 1.93 bits per heavy atom. The van der Waals surface area contributed by atoms with Crippen molar-refractivity contribution in [2.24, 2.45) is 0 Å². The maximum Gasteiger partial charge on any atom is 0.227 e. The first kappa shape index (κ1) is 18.0. The van der Waals surface area contributed by atoms with E-state index >= 15 is 0 Å². The predicted molar refractivity (Wildman–Crippen MR) is 106 cm³/mol. The van der Waals surface area contributed by atoms with Crippen LogP contribution in [0.1, 0.15) is 54.9 Å². The van der Waals surface area contributed by atoms with Gasteiger partial charge in [-0.2, -0.15) is 0 Å². The van der Waals surface area contributed by atoms with Crippen LogP contribution < -0.4 is 0 Å². The van der Waals surface area contributed by atoms with E-state index < -0.39 is 0 Å². The number of carbonyl (C=O) groups excluding carboxylic acids is 1. The van der Waals surface area contributed by atoms with E-state index in [-0.39, 0.29) is 5.91 Å². The molecule has 8 heteroatoms. The van der Waals surface area contributed by atoms with Gasteiger partial charge in [-0.3, -0.25) is 9.78 Å². The van der Waals surface area contributed by atoms with Crippen molar-refractivity contribution in [1.29, 1.82) is 0 Å². The van der Waals surface area contributed by atoms with Gasteiger partial charge in [0.25, 0.3) is 0 Å². The van der Waals surface area contributed by atoms with Gasteiger partial charge in [0, 0.05) is 49.8 Å². The Hall–Kier alpha value is -3.03. The monoisotopic (exact) mass is 391 g/mol. The molecule has 150 valence electrons. The number of pyridine rings is 1. The third-order valence-corrected chi connectivity index (χ3v) is 5.88. The molecule has 0 aromatic carbocycles. The molecule has 1 saturated heterocycles. The first-order valence-corrected chi connectivity index (χ1v) is 10.3. The van der Waals surface area contributed by atoms with Crippen molar-refractivity contribution < 1.29 is 4.79 Å². The van der Waals surface area contributed by atoms with Crippen molar-refractivity contribution >= 4 is 5.91 Å². The summed E-state index contributed by atoms with van der Waals surface area (Å²) in [5, 5.41) is 9.10. The largest absolute Gasteiger partial charge is 0.342 e. The van der Waals surface area contributed by atoms with Gasteiger partial charge in [-0.25, -0.2) is 4.98 Å². The quantitative estimate of drug-likeness (QED) is 0.643. The molecule has 2 fully saturated rings. The lowest BCUT2D eigenvalue weighted by atomic mass is 9.95. The molecule has 0 N–H and O–H groups in total. The van der Waals surface area contributed by atoms with Gasteiger partial charge in [-0.1, -0.05) is 6.07 Å². The molecule has 1 aliphatic carbocycles. The van der Waals surface area contributed by atoms with Crippen LogP contribution in [0, 0.1) is 0 Å². The van der Waals surface area contributed by atoms with E-state index in [4.69, 9.17) is 0 Å². The van der Waals surface area contributed by atoms with E-state index in [1.165, 1.54) is 12.8 Å². The number of imidazole rings is 1. The summed E-state index contributed by atoms with van der Waals surface area (Å²) in [4.78, 5) is 22.8. The average Bonchev–Trinajstić information content (AvgIpc) is 3.29. The SMILES string of the molecule is O=C(Cc1cccnc1)N1CCC(c2nnc(Cn3ccnc3)n2C2CC2)CC1. The van der Waals surface area contributed by atoms with E-state index in [0.29, 0.717) is 24.9 Å². The summed E-state index contributed by atoms with van der Waals surface area (Å²) in [6.45, 7) is 2.25. The molecule has 0 radical (unpaired) electrons.